The highest BCUT2D eigenvalue weighted by Crippen LogP contribution is 2.28. The maximum absolute atomic E-state index is 4.87. The Labute approximate surface area is 152 Å². The summed E-state index contributed by atoms with van der Waals surface area (Å²) < 4.78 is 1.88. The van der Waals surface area contributed by atoms with Crippen molar-refractivity contribution in [1.29, 1.82) is 0 Å². The van der Waals surface area contributed by atoms with Crippen molar-refractivity contribution in [2.45, 2.75) is 13.0 Å². The van der Waals surface area contributed by atoms with Crippen LogP contribution in [0.3, 0.4) is 0 Å². The second-order valence-electron chi connectivity index (χ2n) is 6.52. The maximum Gasteiger partial charge on any atom is 0.185 e. The Kier molecular flexibility index (Phi) is 4.81. The molecule has 1 aliphatic rings. The highest BCUT2D eigenvalue weighted by molar-refractivity contribution is 7.14. The zero-order chi connectivity index (χ0) is 17.1. The summed E-state index contributed by atoms with van der Waals surface area (Å²) in [6, 6.07) is 10.4. The van der Waals surface area contributed by atoms with Crippen molar-refractivity contribution in [3.63, 3.8) is 0 Å². The standard InChI is InChI=1S/C19H23N5S/c1-22-13-16(12-20-22)14-23-8-5-9-24(11-10-23)19-21-18(15-25-19)17-6-3-2-4-7-17/h2-4,6-7,12-13,15H,5,8-11,14H2,1H3. The molecule has 0 N–H and O–H groups in total. The molecule has 0 aliphatic carbocycles. The van der Waals surface area contributed by atoms with Crippen molar-refractivity contribution in [3.05, 3.63) is 53.7 Å². The third kappa shape index (κ3) is 3.91. The van der Waals surface area contributed by atoms with Gasteiger partial charge < -0.3 is 4.90 Å². The van der Waals surface area contributed by atoms with Gasteiger partial charge in [-0.1, -0.05) is 30.3 Å². The molecule has 0 atom stereocenters. The predicted molar refractivity (Wildman–Crippen MR) is 103 cm³/mol. The normalized spacial score (nSPS) is 16.1. The van der Waals surface area contributed by atoms with Crippen LogP contribution in [0.4, 0.5) is 5.13 Å². The largest absolute Gasteiger partial charge is 0.347 e. The van der Waals surface area contributed by atoms with Crippen LogP contribution < -0.4 is 4.90 Å². The van der Waals surface area contributed by atoms with Crippen molar-refractivity contribution in [3.8, 4) is 11.3 Å². The molecule has 3 aromatic rings. The lowest BCUT2D eigenvalue weighted by molar-refractivity contribution is 0.285. The zero-order valence-corrected chi connectivity index (χ0v) is 15.3. The Morgan fingerprint density at radius 1 is 1.08 bits per heavy atom. The molecule has 6 heteroatoms. The molecule has 1 aromatic carbocycles. The fourth-order valence-electron chi connectivity index (χ4n) is 3.28. The summed E-state index contributed by atoms with van der Waals surface area (Å²) in [5.41, 5.74) is 3.56. The van der Waals surface area contributed by atoms with Gasteiger partial charge in [0.25, 0.3) is 0 Å². The molecule has 0 unspecified atom stereocenters. The van der Waals surface area contributed by atoms with E-state index in [0.29, 0.717) is 0 Å². The van der Waals surface area contributed by atoms with Crippen LogP contribution in [0, 0.1) is 0 Å². The second kappa shape index (κ2) is 7.37. The summed E-state index contributed by atoms with van der Waals surface area (Å²) in [6.45, 7) is 5.28. The van der Waals surface area contributed by atoms with E-state index in [-0.39, 0.29) is 0 Å². The summed E-state index contributed by atoms with van der Waals surface area (Å²) in [5.74, 6) is 0. The van der Waals surface area contributed by atoms with Crippen molar-refractivity contribution in [2.24, 2.45) is 7.05 Å². The van der Waals surface area contributed by atoms with Crippen LogP contribution in [-0.4, -0.2) is 45.8 Å². The Hall–Kier alpha value is -2.18. The quantitative estimate of drug-likeness (QED) is 0.721. The van der Waals surface area contributed by atoms with Crippen molar-refractivity contribution in [1.82, 2.24) is 19.7 Å². The van der Waals surface area contributed by atoms with E-state index >= 15 is 0 Å². The van der Waals surface area contributed by atoms with E-state index in [1.807, 2.05) is 24.0 Å². The highest BCUT2D eigenvalue weighted by Gasteiger charge is 2.18. The number of aryl methyl sites for hydroxylation is 1. The van der Waals surface area contributed by atoms with E-state index in [9.17, 15) is 0 Å². The van der Waals surface area contributed by atoms with Crippen molar-refractivity contribution >= 4 is 16.5 Å². The first-order valence-electron chi connectivity index (χ1n) is 8.74. The molecule has 25 heavy (non-hydrogen) atoms. The van der Waals surface area contributed by atoms with Crippen LogP contribution in [0.2, 0.25) is 0 Å². The number of aromatic nitrogens is 3. The van der Waals surface area contributed by atoms with Crippen LogP contribution in [-0.2, 0) is 13.6 Å². The van der Waals surface area contributed by atoms with Crippen LogP contribution in [0.5, 0.6) is 0 Å². The summed E-state index contributed by atoms with van der Waals surface area (Å²) in [5, 5.41) is 7.58. The lowest BCUT2D eigenvalue weighted by atomic mass is 10.2. The molecule has 1 fully saturated rings. The van der Waals surface area contributed by atoms with Gasteiger partial charge in [0, 0.05) is 62.5 Å². The van der Waals surface area contributed by atoms with E-state index in [1.54, 1.807) is 11.3 Å². The number of benzene rings is 1. The Bertz CT molecular complexity index is 810. The van der Waals surface area contributed by atoms with Gasteiger partial charge in [-0.15, -0.1) is 11.3 Å². The van der Waals surface area contributed by atoms with Crippen LogP contribution in [0.15, 0.2) is 48.1 Å². The molecule has 0 saturated carbocycles. The molecule has 2 aromatic heterocycles. The number of hydrogen-bond donors (Lipinski definition) is 0. The first-order chi connectivity index (χ1) is 12.3. The highest BCUT2D eigenvalue weighted by atomic mass is 32.1. The van der Waals surface area contributed by atoms with Crippen LogP contribution >= 0.6 is 11.3 Å². The molecule has 4 rings (SSSR count). The summed E-state index contributed by atoms with van der Waals surface area (Å²) in [7, 11) is 1.97. The minimum absolute atomic E-state index is 0.981. The van der Waals surface area contributed by atoms with Gasteiger partial charge in [0.1, 0.15) is 0 Å². The molecular formula is C19H23N5S. The van der Waals surface area contributed by atoms with E-state index in [1.165, 1.54) is 17.5 Å². The summed E-state index contributed by atoms with van der Waals surface area (Å²) >= 11 is 1.75. The van der Waals surface area contributed by atoms with E-state index in [0.717, 1.165) is 43.5 Å². The van der Waals surface area contributed by atoms with Gasteiger partial charge in [0.2, 0.25) is 0 Å². The smallest absolute Gasteiger partial charge is 0.185 e. The van der Waals surface area contributed by atoms with Gasteiger partial charge in [-0.2, -0.15) is 5.10 Å². The van der Waals surface area contributed by atoms with Gasteiger partial charge in [-0.3, -0.25) is 9.58 Å². The molecule has 0 bridgehead atoms. The molecule has 130 valence electrons. The Morgan fingerprint density at radius 3 is 2.76 bits per heavy atom. The number of rotatable bonds is 4. The fourth-order valence-corrected chi connectivity index (χ4v) is 4.17. The number of anilines is 1. The summed E-state index contributed by atoms with van der Waals surface area (Å²) in [6.07, 6.45) is 5.24. The maximum atomic E-state index is 4.87. The predicted octanol–water partition coefficient (Wildman–Crippen LogP) is 3.26. The molecule has 0 amide bonds. The first-order valence-corrected chi connectivity index (χ1v) is 9.62. The first kappa shape index (κ1) is 16.3. The third-order valence-electron chi connectivity index (χ3n) is 4.59. The van der Waals surface area contributed by atoms with Gasteiger partial charge in [-0.05, 0) is 6.42 Å². The lowest BCUT2D eigenvalue weighted by Crippen LogP contribution is -2.30. The van der Waals surface area contributed by atoms with Gasteiger partial charge in [-0.25, -0.2) is 4.98 Å². The fraction of sp³-hybridized carbons (Fsp3) is 0.368. The van der Waals surface area contributed by atoms with Crippen molar-refractivity contribution in [2.75, 3.05) is 31.1 Å². The van der Waals surface area contributed by atoms with Crippen LogP contribution in [0.25, 0.3) is 11.3 Å². The molecule has 5 nitrogen and oxygen atoms in total. The molecule has 0 radical (unpaired) electrons. The van der Waals surface area contributed by atoms with Crippen molar-refractivity contribution < 1.29 is 0 Å². The Morgan fingerprint density at radius 2 is 1.96 bits per heavy atom. The lowest BCUT2D eigenvalue weighted by Gasteiger charge is -2.21. The topological polar surface area (TPSA) is 37.2 Å². The molecule has 3 heterocycles. The average molecular weight is 353 g/mol. The minimum atomic E-state index is 0.981. The number of nitrogens with zero attached hydrogens (tertiary/aromatic N) is 5. The molecular weight excluding hydrogens is 330 g/mol. The van der Waals surface area contributed by atoms with E-state index in [4.69, 9.17) is 4.98 Å². The zero-order valence-electron chi connectivity index (χ0n) is 14.5. The van der Waals surface area contributed by atoms with Crippen LogP contribution in [0.1, 0.15) is 12.0 Å². The molecule has 0 spiro atoms. The minimum Gasteiger partial charge on any atom is -0.347 e. The van der Waals surface area contributed by atoms with Gasteiger partial charge >= 0.3 is 0 Å². The number of thiazole rings is 1. The van der Waals surface area contributed by atoms with E-state index in [2.05, 4.69) is 50.7 Å². The monoisotopic (exact) mass is 353 g/mol. The average Bonchev–Trinajstić information content (AvgIpc) is 3.21. The third-order valence-corrected chi connectivity index (χ3v) is 5.49. The summed E-state index contributed by atoms with van der Waals surface area (Å²) in [4.78, 5) is 9.82. The number of hydrogen-bond acceptors (Lipinski definition) is 5. The second-order valence-corrected chi connectivity index (χ2v) is 7.36. The molecule has 1 saturated heterocycles. The molecule has 1 aliphatic heterocycles. The SMILES string of the molecule is Cn1cc(CN2CCCN(c3nc(-c4ccccc4)cs3)CC2)cn1. The Balaban J connectivity index is 1.40. The van der Waals surface area contributed by atoms with Gasteiger partial charge in [0.15, 0.2) is 5.13 Å². The van der Waals surface area contributed by atoms with E-state index < -0.39 is 0 Å². The van der Waals surface area contributed by atoms with Gasteiger partial charge in [0.05, 0.1) is 11.9 Å².